The van der Waals surface area contributed by atoms with Crippen molar-refractivity contribution in [2.45, 2.75) is 49.5 Å². The fourth-order valence-electron chi connectivity index (χ4n) is 3.77. The number of pyridine rings is 2. The van der Waals surface area contributed by atoms with Crippen molar-refractivity contribution in [3.8, 4) is 0 Å². The van der Waals surface area contributed by atoms with Crippen LogP contribution in [-0.4, -0.2) is 28.3 Å². The fourth-order valence-corrected chi connectivity index (χ4v) is 4.10. The van der Waals surface area contributed by atoms with Crippen LogP contribution in [-0.2, 0) is 54.2 Å². The van der Waals surface area contributed by atoms with E-state index in [0.717, 1.165) is 11.4 Å². The molecule has 4 nitrogen and oxygen atoms in total. The van der Waals surface area contributed by atoms with Crippen LogP contribution in [0.5, 0.6) is 0 Å². The van der Waals surface area contributed by atoms with E-state index in [1.54, 1.807) is 30.6 Å². The summed E-state index contributed by atoms with van der Waals surface area (Å²) in [5.74, 6) is 0. The minimum Gasteiger partial charge on any atom is -1.00 e. The van der Waals surface area contributed by atoms with E-state index in [1.165, 1.54) is 0 Å². The Kier molecular flexibility index (Phi) is 18.5. The Morgan fingerprint density at radius 3 is 1.28 bits per heavy atom. The molecule has 0 unspecified atom stereocenters. The summed E-state index contributed by atoms with van der Waals surface area (Å²) < 4.78 is 155. The second-order valence-electron chi connectivity index (χ2n) is 9.88. The second kappa shape index (κ2) is 20.4. The number of aromatic nitrogens is 2. The second-order valence-corrected chi connectivity index (χ2v) is 10.4. The van der Waals surface area contributed by atoms with Crippen LogP contribution < -0.4 is 29.6 Å². The van der Waals surface area contributed by atoms with Crippen LogP contribution >= 0.6 is 15.9 Å². The molecule has 18 heteroatoms. The first kappa shape index (κ1) is 45.3. The molecule has 0 aliphatic carbocycles. The van der Waals surface area contributed by atoms with Gasteiger partial charge in [-0.1, -0.05) is 28.1 Å². The van der Waals surface area contributed by atoms with Gasteiger partial charge in [-0.15, -0.1) is 0 Å². The molecule has 2 aromatic heterocycles. The molecule has 1 N–H and O–H groups in total. The third-order valence-electron chi connectivity index (χ3n) is 6.04. The smallest absolute Gasteiger partial charge is 1.00 e. The van der Waals surface area contributed by atoms with E-state index in [-0.39, 0.29) is 79.4 Å². The molecule has 0 bridgehead atoms. The Morgan fingerprint density at radius 2 is 0.960 bits per heavy atom. The zero-order valence-corrected chi connectivity index (χ0v) is 29.6. The van der Waals surface area contributed by atoms with Gasteiger partial charge in [0.05, 0.1) is 35.5 Å². The summed E-state index contributed by atoms with van der Waals surface area (Å²) in [6.07, 6.45) is -14.9. The molecule has 270 valence electrons. The molecule has 0 radical (unpaired) electrons. The number of rotatable bonds is 8. The summed E-state index contributed by atoms with van der Waals surface area (Å²) in [7, 11) is 0. The summed E-state index contributed by atoms with van der Waals surface area (Å²) in [5, 5.41) is 8.41. The van der Waals surface area contributed by atoms with Crippen LogP contribution in [0.1, 0.15) is 46.2 Å². The van der Waals surface area contributed by atoms with Crippen LogP contribution in [0.4, 0.5) is 52.7 Å². The van der Waals surface area contributed by atoms with Crippen molar-refractivity contribution >= 4 is 15.9 Å². The fraction of sp³-hybridized carbons (Fsp3) is 0.312. The summed E-state index contributed by atoms with van der Waals surface area (Å²) in [6, 6.07) is 13.8. The predicted octanol–water partition coefficient (Wildman–Crippen LogP) is 7.23. The predicted molar refractivity (Wildman–Crippen MR) is 159 cm³/mol. The Balaban J connectivity index is 0.000000799. The van der Waals surface area contributed by atoms with Crippen molar-refractivity contribution in [1.29, 1.82) is 0 Å². The van der Waals surface area contributed by atoms with Gasteiger partial charge in [-0.05, 0) is 71.8 Å². The zero-order chi connectivity index (χ0) is 36.9. The van der Waals surface area contributed by atoms with E-state index in [0.29, 0.717) is 37.1 Å². The number of aliphatic hydroxyl groups excluding tert-OH is 1. The van der Waals surface area contributed by atoms with E-state index in [9.17, 15) is 52.7 Å². The van der Waals surface area contributed by atoms with Gasteiger partial charge in [0.15, 0.2) is 0 Å². The standard InChI is InChI=1S/C16H13F6NO.C9H5BrF6.C7H9NO.Na.H/c17-15(18,19)12-7-11(8-13(9-12)16(20,21)22)10-24-6-4-14-3-1-2-5-23-14;10-4-5-1-6(8(11,12)13)3-7(2-5)9(14,15)16;9-6-4-7-3-1-2-5-8-7;;/h1-3,5,7-9H,4,6,10H2;1-3H,4H2;1-3,5,9H,4,6H2;;/q;;;+1;-1. The molecule has 2 heterocycles. The molecule has 0 saturated heterocycles. The largest absolute Gasteiger partial charge is 1.00 e. The van der Waals surface area contributed by atoms with E-state index >= 15 is 0 Å². The maximum absolute atomic E-state index is 12.7. The molecule has 4 aromatic rings. The Morgan fingerprint density at radius 1 is 0.580 bits per heavy atom. The monoisotopic (exact) mass is 802 g/mol. The molecule has 2 aromatic carbocycles. The van der Waals surface area contributed by atoms with Crippen molar-refractivity contribution in [2.24, 2.45) is 0 Å². The first-order valence-electron chi connectivity index (χ1n) is 13.8. The van der Waals surface area contributed by atoms with Gasteiger partial charge in [-0.25, -0.2) is 0 Å². The number of hydrogen-bond donors (Lipinski definition) is 1. The normalized spacial score (nSPS) is 11.8. The van der Waals surface area contributed by atoms with E-state index in [1.807, 2.05) is 18.2 Å². The maximum atomic E-state index is 12.7. The van der Waals surface area contributed by atoms with Gasteiger partial charge >= 0.3 is 54.3 Å². The van der Waals surface area contributed by atoms with Crippen LogP contribution in [0.2, 0.25) is 0 Å². The molecule has 0 amide bonds. The Bertz CT molecular complexity index is 1510. The molecule has 0 fully saturated rings. The van der Waals surface area contributed by atoms with Gasteiger partial charge < -0.3 is 11.3 Å². The number of ether oxygens (including phenoxy) is 1. The minimum atomic E-state index is -4.86. The first-order valence-corrected chi connectivity index (χ1v) is 15.0. The van der Waals surface area contributed by atoms with Gasteiger partial charge in [0, 0.05) is 48.6 Å². The molecule has 0 aliphatic rings. The van der Waals surface area contributed by atoms with E-state index in [2.05, 4.69) is 25.9 Å². The number of aliphatic hydroxyl groups is 1. The van der Waals surface area contributed by atoms with Crippen LogP contribution in [0, 0.1) is 0 Å². The Hall–Kier alpha value is -2.70. The molecule has 50 heavy (non-hydrogen) atoms. The third-order valence-corrected chi connectivity index (χ3v) is 6.69. The summed E-state index contributed by atoms with van der Waals surface area (Å²) in [6.45, 7) is -0.0363. The Labute approximate surface area is 310 Å². The van der Waals surface area contributed by atoms with E-state index < -0.39 is 47.0 Å². The topological polar surface area (TPSA) is 55.2 Å². The van der Waals surface area contributed by atoms with Crippen molar-refractivity contribution in [1.82, 2.24) is 9.97 Å². The van der Waals surface area contributed by atoms with Crippen molar-refractivity contribution in [2.75, 3.05) is 13.2 Å². The molecule has 0 spiro atoms. The average Bonchev–Trinajstić information content (AvgIpc) is 3.03. The number of benzene rings is 2. The average molecular weight is 803 g/mol. The van der Waals surface area contributed by atoms with Gasteiger partial charge in [0.2, 0.25) is 0 Å². The number of hydrogen-bond acceptors (Lipinski definition) is 4. The summed E-state index contributed by atoms with van der Waals surface area (Å²) in [4.78, 5) is 8.05. The van der Waals surface area contributed by atoms with Gasteiger partial charge in [0.25, 0.3) is 0 Å². The zero-order valence-electron chi connectivity index (χ0n) is 27.0. The van der Waals surface area contributed by atoms with Crippen molar-refractivity contribution in [3.05, 3.63) is 130 Å². The van der Waals surface area contributed by atoms with E-state index in [4.69, 9.17) is 9.84 Å². The molecule has 0 saturated carbocycles. The maximum Gasteiger partial charge on any atom is 1.00 e. The molecule has 0 aliphatic heterocycles. The molecule has 0 atom stereocenters. The minimum absolute atomic E-state index is 0. The molecule has 4 rings (SSSR count). The van der Waals surface area contributed by atoms with Gasteiger partial charge in [-0.2, -0.15) is 52.7 Å². The van der Waals surface area contributed by atoms with Crippen LogP contribution in [0.3, 0.4) is 0 Å². The molecular formula is C32H28BrF12N2NaO2. The number of halogens is 13. The van der Waals surface area contributed by atoms with Crippen LogP contribution in [0.25, 0.3) is 0 Å². The number of nitrogens with zero attached hydrogens (tertiary/aromatic N) is 2. The third kappa shape index (κ3) is 16.5. The SMILES string of the molecule is FC(F)(F)c1cc(CBr)cc(C(F)(F)F)c1.FC(F)(F)c1cc(COCCc2ccccn2)cc(C(F)(F)F)c1.OCCc1ccccn1.[H-].[Na+]. The van der Waals surface area contributed by atoms with Crippen LogP contribution in [0.15, 0.2) is 85.2 Å². The summed E-state index contributed by atoms with van der Waals surface area (Å²) in [5.41, 5.74) is -3.87. The van der Waals surface area contributed by atoms with Gasteiger partial charge in [-0.3, -0.25) is 9.97 Å². The van der Waals surface area contributed by atoms with Crippen molar-refractivity contribution in [3.63, 3.8) is 0 Å². The summed E-state index contributed by atoms with van der Waals surface area (Å²) >= 11 is 2.82. The first-order chi connectivity index (χ1) is 22.7. The van der Waals surface area contributed by atoms with Gasteiger partial charge in [0.1, 0.15) is 0 Å². The van der Waals surface area contributed by atoms with Crippen molar-refractivity contribution < 1.29 is 93.5 Å². The molecular weight excluding hydrogens is 775 g/mol. The quantitative estimate of drug-likeness (QED) is 0.0885. The number of alkyl halides is 13.